The van der Waals surface area contributed by atoms with E-state index in [0.29, 0.717) is 49.1 Å². The number of hydrogen-bond donors (Lipinski definition) is 1. The molecule has 9 heteroatoms. The summed E-state index contributed by atoms with van der Waals surface area (Å²) in [6.07, 6.45) is 7.43. The van der Waals surface area contributed by atoms with Gasteiger partial charge in [-0.3, -0.25) is 14.5 Å². The Bertz CT molecular complexity index is 1570. The number of ether oxygens (including phenoxy) is 3. The van der Waals surface area contributed by atoms with Gasteiger partial charge >= 0.3 is 12.1 Å². The van der Waals surface area contributed by atoms with Gasteiger partial charge in [0.15, 0.2) is 5.78 Å². The molecule has 0 radical (unpaired) electrons. The van der Waals surface area contributed by atoms with Crippen LogP contribution in [-0.2, 0) is 14.3 Å². The highest BCUT2D eigenvalue weighted by Gasteiger charge is 2.58. The summed E-state index contributed by atoms with van der Waals surface area (Å²) in [6, 6.07) is 16.6. The van der Waals surface area contributed by atoms with E-state index in [-0.39, 0.29) is 31.3 Å². The predicted molar refractivity (Wildman–Crippen MR) is 165 cm³/mol. The number of ketones is 1. The first-order valence-electron chi connectivity index (χ1n) is 15.4. The number of cyclic esters (lactones) is 1. The van der Waals surface area contributed by atoms with Gasteiger partial charge in [0.2, 0.25) is 0 Å². The smallest absolute Gasteiger partial charge is 0.410 e. The van der Waals surface area contributed by atoms with Crippen LogP contribution in [0.1, 0.15) is 51.4 Å². The van der Waals surface area contributed by atoms with E-state index in [1.54, 1.807) is 7.11 Å². The Morgan fingerprint density at radius 2 is 1.93 bits per heavy atom. The minimum Gasteiger partial charge on any atom is -0.497 e. The van der Waals surface area contributed by atoms with E-state index in [0.717, 1.165) is 29.5 Å². The van der Waals surface area contributed by atoms with Crippen LogP contribution >= 0.6 is 0 Å². The molecular weight excluding hydrogens is 560 g/mol. The molecular formula is C35H38N2O7. The lowest BCUT2D eigenvalue weighted by Gasteiger charge is -2.23. The van der Waals surface area contributed by atoms with Gasteiger partial charge in [-0.15, -0.1) is 0 Å². The Morgan fingerprint density at radius 1 is 1.09 bits per heavy atom. The molecule has 0 unspecified atom stereocenters. The number of methoxy groups -OCH3 is 1. The number of allylic oxidation sites excluding steroid dienone is 2. The maximum absolute atomic E-state index is 13.6. The largest absolute Gasteiger partial charge is 0.497 e. The topological polar surface area (TPSA) is 115 Å². The lowest BCUT2D eigenvalue weighted by molar-refractivity contribution is -0.144. The summed E-state index contributed by atoms with van der Waals surface area (Å²) in [4.78, 5) is 45.3. The van der Waals surface area contributed by atoms with E-state index in [9.17, 15) is 19.5 Å². The fraction of sp³-hybridized carbons (Fsp3) is 0.429. The number of fused-ring (bicyclic) bond motifs is 3. The number of pyridine rings is 1. The normalized spacial score (nSPS) is 26.8. The summed E-state index contributed by atoms with van der Waals surface area (Å²) in [5, 5.41) is 10.7. The molecule has 1 N–H and O–H groups in total. The molecule has 1 saturated heterocycles. The third-order valence-corrected chi connectivity index (χ3v) is 9.18. The van der Waals surface area contributed by atoms with Crippen LogP contribution in [0.25, 0.3) is 22.2 Å². The van der Waals surface area contributed by atoms with Crippen molar-refractivity contribution in [2.24, 2.45) is 11.3 Å². The second kappa shape index (κ2) is 12.7. The summed E-state index contributed by atoms with van der Waals surface area (Å²) in [6.45, 7) is 0.467. The predicted octanol–water partition coefficient (Wildman–Crippen LogP) is 6.44. The minimum absolute atomic E-state index is 0.0116. The third kappa shape index (κ3) is 6.14. The van der Waals surface area contributed by atoms with Crippen molar-refractivity contribution in [1.82, 2.24) is 9.88 Å². The number of rotatable bonds is 5. The molecule has 0 spiro atoms. The number of hydrogen-bond acceptors (Lipinski definition) is 7. The number of benzene rings is 2. The molecule has 44 heavy (non-hydrogen) atoms. The molecule has 0 bridgehead atoms. The first-order chi connectivity index (χ1) is 21.4. The Hall–Kier alpha value is -4.40. The molecule has 3 aliphatic rings. The van der Waals surface area contributed by atoms with Crippen molar-refractivity contribution in [2.45, 2.75) is 63.5 Å². The first-order valence-corrected chi connectivity index (χ1v) is 15.4. The monoisotopic (exact) mass is 598 g/mol. The Morgan fingerprint density at radius 3 is 2.73 bits per heavy atom. The van der Waals surface area contributed by atoms with E-state index in [2.05, 4.69) is 0 Å². The van der Waals surface area contributed by atoms with Crippen molar-refractivity contribution in [2.75, 3.05) is 20.3 Å². The number of nitrogens with zero attached hydrogens (tertiary/aromatic N) is 2. The van der Waals surface area contributed by atoms with Gasteiger partial charge < -0.3 is 19.3 Å². The third-order valence-electron chi connectivity index (χ3n) is 9.18. The average Bonchev–Trinajstić information content (AvgIpc) is 3.58. The van der Waals surface area contributed by atoms with Gasteiger partial charge in [-0.05, 0) is 56.6 Å². The van der Waals surface area contributed by atoms with Crippen LogP contribution in [-0.4, -0.2) is 65.2 Å². The number of amides is 1. The molecule has 9 nitrogen and oxygen atoms in total. The molecule has 1 aliphatic carbocycles. The molecule has 3 aromatic rings. The van der Waals surface area contributed by atoms with E-state index >= 15 is 0 Å². The molecule has 1 saturated carbocycles. The van der Waals surface area contributed by atoms with Crippen LogP contribution in [0.15, 0.2) is 66.7 Å². The van der Waals surface area contributed by atoms with Crippen molar-refractivity contribution < 1.29 is 33.7 Å². The second-order valence-electron chi connectivity index (χ2n) is 12.0. The molecule has 3 heterocycles. The zero-order valence-electron chi connectivity index (χ0n) is 24.9. The summed E-state index contributed by atoms with van der Waals surface area (Å²) in [5.74, 6) is 0.407. The van der Waals surface area contributed by atoms with Gasteiger partial charge in [-0.1, -0.05) is 42.5 Å². The van der Waals surface area contributed by atoms with Crippen LogP contribution < -0.4 is 9.47 Å². The molecule has 2 aliphatic heterocycles. The van der Waals surface area contributed by atoms with E-state index < -0.39 is 29.6 Å². The Kier molecular flexibility index (Phi) is 8.55. The van der Waals surface area contributed by atoms with Crippen LogP contribution in [0.2, 0.25) is 0 Å². The van der Waals surface area contributed by atoms with Gasteiger partial charge in [-0.2, -0.15) is 0 Å². The van der Waals surface area contributed by atoms with Crippen molar-refractivity contribution in [3.05, 3.63) is 66.7 Å². The number of Topliss-reactive ketones (excluding diaryl/α,β-unsaturated/α-hetero) is 1. The molecule has 2 aromatic carbocycles. The summed E-state index contributed by atoms with van der Waals surface area (Å²) >= 11 is 0. The maximum Gasteiger partial charge on any atom is 0.410 e. The summed E-state index contributed by atoms with van der Waals surface area (Å²) in [5.41, 5.74) is 1.60. The van der Waals surface area contributed by atoms with E-state index in [1.165, 1.54) is 4.90 Å². The molecule has 2 fully saturated rings. The van der Waals surface area contributed by atoms with Crippen LogP contribution in [0.3, 0.4) is 0 Å². The average molecular weight is 599 g/mol. The Balaban J connectivity index is 1.25. The fourth-order valence-corrected chi connectivity index (χ4v) is 6.56. The van der Waals surface area contributed by atoms with Crippen LogP contribution in [0.4, 0.5) is 4.79 Å². The standard InChI is InChI=1S/C35H38N2O7/c1-42-25-14-15-27-29(18-25)36-28(23-10-5-4-6-11-23)20-32(27)44-26-19-30-31(38)13-9-16-35(33(39)40)21-24(35)12-7-2-3-8-17-43-34(41)37(30)22-26/h4-7,10-12,14-15,18,20,24,26,30H,2-3,8-9,13,16-17,19,21-22H2,1H3,(H,39,40)/b12-7-/t24-,26-,30+,35+/m1/s1. The van der Waals surface area contributed by atoms with Crippen molar-refractivity contribution in [3.63, 3.8) is 0 Å². The van der Waals surface area contributed by atoms with Gasteiger partial charge in [0.25, 0.3) is 0 Å². The first kappa shape index (κ1) is 29.7. The van der Waals surface area contributed by atoms with Crippen LogP contribution in [0.5, 0.6) is 11.5 Å². The molecule has 230 valence electrons. The quantitative estimate of drug-likeness (QED) is 0.334. The van der Waals surface area contributed by atoms with Gasteiger partial charge in [0.05, 0.1) is 42.9 Å². The number of carboxylic acids is 1. The Labute approximate surface area is 256 Å². The second-order valence-corrected chi connectivity index (χ2v) is 12.0. The number of carbonyl (C=O) groups excluding carboxylic acids is 2. The maximum atomic E-state index is 13.6. The lowest BCUT2D eigenvalue weighted by Crippen LogP contribution is -2.41. The van der Waals surface area contributed by atoms with Crippen molar-refractivity contribution >= 4 is 28.7 Å². The zero-order chi connectivity index (χ0) is 30.7. The van der Waals surface area contributed by atoms with Gasteiger partial charge in [0, 0.05) is 35.9 Å². The highest BCUT2D eigenvalue weighted by molar-refractivity contribution is 5.90. The fourth-order valence-electron chi connectivity index (χ4n) is 6.56. The van der Waals surface area contributed by atoms with E-state index in [1.807, 2.05) is 66.7 Å². The number of carboxylic acid groups (broad SMARTS) is 1. The zero-order valence-corrected chi connectivity index (χ0v) is 24.9. The number of carbonyl (C=O) groups is 3. The van der Waals surface area contributed by atoms with Crippen LogP contribution in [0, 0.1) is 11.3 Å². The highest BCUT2D eigenvalue weighted by Crippen LogP contribution is 2.57. The van der Waals surface area contributed by atoms with Crippen molar-refractivity contribution in [3.8, 4) is 22.8 Å². The van der Waals surface area contributed by atoms with Gasteiger partial charge in [-0.25, -0.2) is 9.78 Å². The summed E-state index contributed by atoms with van der Waals surface area (Å²) < 4.78 is 17.6. The molecule has 1 amide bonds. The number of aliphatic carboxylic acids is 1. The lowest BCUT2D eigenvalue weighted by atomic mass is 9.93. The molecule has 6 rings (SSSR count). The number of aromatic nitrogens is 1. The van der Waals surface area contributed by atoms with Crippen molar-refractivity contribution in [1.29, 1.82) is 0 Å². The highest BCUT2D eigenvalue weighted by atomic mass is 16.6. The van der Waals surface area contributed by atoms with Gasteiger partial charge in [0.1, 0.15) is 17.6 Å². The minimum atomic E-state index is -0.794. The summed E-state index contributed by atoms with van der Waals surface area (Å²) in [7, 11) is 1.61. The molecule has 1 aromatic heterocycles. The molecule has 4 atom stereocenters. The van der Waals surface area contributed by atoms with E-state index in [4.69, 9.17) is 19.2 Å². The SMILES string of the molecule is COc1ccc2c(O[C@@H]3C[C@H]4C(=O)CCC[C@]5(C(=O)O)C[C@H]5/C=C\CCCCOC(=O)N4C3)cc(-c3ccccc3)nc2c1.